The maximum atomic E-state index is 2.33. The number of nitrogens with zero attached hydrogens (tertiary/aromatic N) is 2. The first-order chi connectivity index (χ1) is 20.7. The molecule has 0 aromatic heterocycles. The summed E-state index contributed by atoms with van der Waals surface area (Å²) in [5.74, 6) is 0.571. The zero-order valence-corrected chi connectivity index (χ0v) is 24.3. The van der Waals surface area contributed by atoms with Crippen molar-refractivity contribution in [1.29, 1.82) is 0 Å². The molecule has 0 saturated carbocycles. The predicted octanol–water partition coefficient (Wildman–Crippen LogP) is 11.8. The van der Waals surface area contributed by atoms with Crippen molar-refractivity contribution in [2.45, 2.75) is 26.2 Å². The molecule has 0 fully saturated rings. The van der Waals surface area contributed by atoms with Crippen LogP contribution in [0.3, 0.4) is 0 Å². The standard InChI is InChI=1S/C40H36N2/c1-3-31(2)32-22-24-33(25-23-32)34-14-13-21-40(30-34)42(37-19-11-6-12-20-37)39-28-26-38(27-29-39)41(35-15-7-4-8-16-35)36-17-9-5-10-18-36/h4-31H,3H2,1-2H3. The molecule has 2 heteroatoms. The van der Waals surface area contributed by atoms with E-state index >= 15 is 0 Å². The lowest BCUT2D eigenvalue weighted by Crippen LogP contribution is -2.12. The molecule has 6 aromatic rings. The Bertz CT molecular complexity index is 1650. The average molecular weight is 545 g/mol. The molecule has 0 amide bonds. The topological polar surface area (TPSA) is 6.48 Å². The number of para-hydroxylation sites is 3. The van der Waals surface area contributed by atoms with Crippen LogP contribution in [0.5, 0.6) is 0 Å². The molecule has 6 aromatic carbocycles. The van der Waals surface area contributed by atoms with Crippen LogP contribution in [-0.4, -0.2) is 0 Å². The van der Waals surface area contributed by atoms with Gasteiger partial charge in [0.1, 0.15) is 0 Å². The van der Waals surface area contributed by atoms with E-state index in [0.29, 0.717) is 5.92 Å². The minimum atomic E-state index is 0.571. The van der Waals surface area contributed by atoms with E-state index in [1.54, 1.807) is 0 Å². The Morgan fingerprint density at radius 3 is 1.26 bits per heavy atom. The van der Waals surface area contributed by atoms with E-state index in [-0.39, 0.29) is 0 Å². The first kappa shape index (κ1) is 27.1. The number of rotatable bonds is 9. The molecule has 0 N–H and O–H groups in total. The van der Waals surface area contributed by atoms with Crippen molar-refractivity contribution in [2.24, 2.45) is 0 Å². The van der Waals surface area contributed by atoms with Crippen LogP contribution >= 0.6 is 0 Å². The van der Waals surface area contributed by atoms with Gasteiger partial charge in [-0.05, 0) is 102 Å². The van der Waals surface area contributed by atoms with E-state index in [0.717, 1.165) is 40.5 Å². The SMILES string of the molecule is CCC(C)c1ccc(-c2cccc(N(c3ccccc3)c3ccc(N(c4ccccc4)c4ccccc4)cc3)c2)cc1. The third-order valence-corrected chi connectivity index (χ3v) is 7.94. The molecular weight excluding hydrogens is 508 g/mol. The van der Waals surface area contributed by atoms with Gasteiger partial charge in [-0.15, -0.1) is 0 Å². The summed E-state index contributed by atoms with van der Waals surface area (Å²) in [5.41, 5.74) is 10.6. The third-order valence-electron chi connectivity index (χ3n) is 7.94. The zero-order valence-electron chi connectivity index (χ0n) is 24.3. The van der Waals surface area contributed by atoms with Crippen molar-refractivity contribution in [3.63, 3.8) is 0 Å². The van der Waals surface area contributed by atoms with E-state index in [2.05, 4.69) is 187 Å². The van der Waals surface area contributed by atoms with Gasteiger partial charge in [0.15, 0.2) is 0 Å². The second-order valence-corrected chi connectivity index (χ2v) is 10.7. The highest BCUT2D eigenvalue weighted by atomic mass is 15.2. The summed E-state index contributed by atoms with van der Waals surface area (Å²) in [5, 5.41) is 0. The molecular formula is C40H36N2. The molecule has 2 nitrogen and oxygen atoms in total. The lowest BCUT2D eigenvalue weighted by Gasteiger charge is -2.28. The highest BCUT2D eigenvalue weighted by Gasteiger charge is 2.16. The molecule has 1 atom stereocenters. The lowest BCUT2D eigenvalue weighted by molar-refractivity contribution is 0.734. The maximum absolute atomic E-state index is 2.33. The summed E-state index contributed by atoms with van der Waals surface area (Å²) < 4.78 is 0. The van der Waals surface area contributed by atoms with Crippen LogP contribution in [0.2, 0.25) is 0 Å². The van der Waals surface area contributed by atoms with Crippen LogP contribution in [0.25, 0.3) is 11.1 Å². The van der Waals surface area contributed by atoms with Crippen molar-refractivity contribution in [3.8, 4) is 11.1 Å². The van der Waals surface area contributed by atoms with E-state index in [1.807, 2.05) is 0 Å². The highest BCUT2D eigenvalue weighted by Crippen LogP contribution is 2.39. The van der Waals surface area contributed by atoms with Crippen LogP contribution < -0.4 is 9.80 Å². The fourth-order valence-corrected chi connectivity index (χ4v) is 5.44. The van der Waals surface area contributed by atoms with Crippen molar-refractivity contribution < 1.29 is 0 Å². The minimum absolute atomic E-state index is 0.571. The Balaban J connectivity index is 1.38. The van der Waals surface area contributed by atoms with E-state index in [9.17, 15) is 0 Å². The van der Waals surface area contributed by atoms with Crippen LogP contribution in [0.4, 0.5) is 34.1 Å². The van der Waals surface area contributed by atoms with Gasteiger partial charge in [0.25, 0.3) is 0 Å². The lowest BCUT2D eigenvalue weighted by atomic mass is 9.95. The zero-order chi connectivity index (χ0) is 28.7. The van der Waals surface area contributed by atoms with Crippen LogP contribution in [-0.2, 0) is 0 Å². The van der Waals surface area contributed by atoms with Crippen molar-refractivity contribution >= 4 is 34.1 Å². The fraction of sp³-hybridized carbons (Fsp3) is 0.100. The van der Waals surface area contributed by atoms with Gasteiger partial charge >= 0.3 is 0 Å². The molecule has 0 radical (unpaired) electrons. The molecule has 1 unspecified atom stereocenters. The van der Waals surface area contributed by atoms with Gasteiger partial charge in [-0.2, -0.15) is 0 Å². The van der Waals surface area contributed by atoms with Gasteiger partial charge in [0, 0.05) is 34.1 Å². The highest BCUT2D eigenvalue weighted by molar-refractivity contribution is 5.82. The molecule has 206 valence electrons. The Morgan fingerprint density at radius 2 is 0.810 bits per heavy atom. The summed E-state index contributed by atoms with van der Waals surface area (Å²) in [6.07, 6.45) is 1.15. The first-order valence-electron chi connectivity index (χ1n) is 14.8. The van der Waals surface area contributed by atoms with Crippen molar-refractivity contribution in [2.75, 3.05) is 9.80 Å². The predicted molar refractivity (Wildman–Crippen MR) is 180 cm³/mol. The Morgan fingerprint density at radius 1 is 0.405 bits per heavy atom. The van der Waals surface area contributed by atoms with Crippen LogP contribution in [0.1, 0.15) is 31.7 Å². The van der Waals surface area contributed by atoms with Gasteiger partial charge in [-0.3, -0.25) is 0 Å². The molecule has 42 heavy (non-hydrogen) atoms. The number of hydrogen-bond acceptors (Lipinski definition) is 2. The summed E-state index contributed by atoms with van der Waals surface area (Å²) in [6, 6.07) is 58.4. The number of hydrogen-bond donors (Lipinski definition) is 0. The van der Waals surface area contributed by atoms with Crippen LogP contribution in [0.15, 0.2) is 164 Å². The summed E-state index contributed by atoms with van der Waals surface area (Å²) in [4.78, 5) is 4.62. The molecule has 0 saturated heterocycles. The minimum Gasteiger partial charge on any atom is -0.311 e. The smallest absolute Gasteiger partial charge is 0.0467 e. The summed E-state index contributed by atoms with van der Waals surface area (Å²) in [6.45, 7) is 4.53. The van der Waals surface area contributed by atoms with Gasteiger partial charge in [0.05, 0.1) is 0 Å². The van der Waals surface area contributed by atoms with Gasteiger partial charge < -0.3 is 9.80 Å². The largest absolute Gasteiger partial charge is 0.311 e. The second kappa shape index (κ2) is 12.6. The Labute approximate surface area is 250 Å². The van der Waals surface area contributed by atoms with E-state index in [4.69, 9.17) is 0 Å². The average Bonchev–Trinajstić information content (AvgIpc) is 3.07. The maximum Gasteiger partial charge on any atom is 0.0467 e. The molecule has 0 heterocycles. The molecule has 0 aliphatic heterocycles. The Hall–Kier alpha value is -5.08. The van der Waals surface area contributed by atoms with Gasteiger partial charge in [0.2, 0.25) is 0 Å². The fourth-order valence-electron chi connectivity index (χ4n) is 5.44. The third kappa shape index (κ3) is 5.84. The molecule has 6 rings (SSSR count). The molecule has 0 aliphatic rings. The van der Waals surface area contributed by atoms with Crippen molar-refractivity contribution in [3.05, 3.63) is 169 Å². The van der Waals surface area contributed by atoms with Crippen molar-refractivity contribution in [1.82, 2.24) is 0 Å². The first-order valence-corrected chi connectivity index (χ1v) is 14.8. The number of anilines is 6. The molecule has 0 spiro atoms. The van der Waals surface area contributed by atoms with E-state index < -0.39 is 0 Å². The second-order valence-electron chi connectivity index (χ2n) is 10.7. The normalized spacial score (nSPS) is 11.6. The van der Waals surface area contributed by atoms with Gasteiger partial charge in [-0.1, -0.05) is 105 Å². The number of benzene rings is 6. The van der Waals surface area contributed by atoms with Gasteiger partial charge in [-0.25, -0.2) is 0 Å². The summed E-state index contributed by atoms with van der Waals surface area (Å²) in [7, 11) is 0. The van der Waals surface area contributed by atoms with Crippen LogP contribution in [0, 0.1) is 0 Å². The van der Waals surface area contributed by atoms with E-state index in [1.165, 1.54) is 16.7 Å². The quantitative estimate of drug-likeness (QED) is 0.179. The Kier molecular flexibility index (Phi) is 8.14. The monoisotopic (exact) mass is 544 g/mol. The molecule has 0 bridgehead atoms. The summed E-state index contributed by atoms with van der Waals surface area (Å²) >= 11 is 0. The molecule has 0 aliphatic carbocycles.